The minimum absolute atomic E-state index is 0.148. The van der Waals surface area contributed by atoms with Crippen molar-refractivity contribution in [2.24, 2.45) is 0 Å². The molecule has 0 unspecified atom stereocenters. The summed E-state index contributed by atoms with van der Waals surface area (Å²) in [5.41, 5.74) is 0.969. The number of halogens is 2. The number of carbonyl (C=O) groups excluding carboxylic acids is 2. The number of hydrogen-bond donors (Lipinski definition) is 0. The smallest absolute Gasteiger partial charge is 0.299 e. The number of fused-ring (bicyclic) bond motifs is 1. The molecule has 1 aliphatic heterocycles. The molecule has 0 radical (unpaired) electrons. The summed E-state index contributed by atoms with van der Waals surface area (Å²) in [5, 5.41) is 0.314. The molecule has 1 amide bonds. The number of benzene rings is 1. The SMILES string of the molecule is C=C(Cl)CN1C(=O)C(=O)c2c(Br)cccc21. The van der Waals surface area contributed by atoms with Crippen LogP contribution in [0, 0.1) is 0 Å². The van der Waals surface area contributed by atoms with E-state index < -0.39 is 11.7 Å². The van der Waals surface area contributed by atoms with Crippen molar-refractivity contribution in [3.05, 3.63) is 39.8 Å². The van der Waals surface area contributed by atoms with Gasteiger partial charge in [0.1, 0.15) is 0 Å². The van der Waals surface area contributed by atoms with E-state index in [1.165, 1.54) is 4.90 Å². The summed E-state index contributed by atoms with van der Waals surface area (Å²) in [4.78, 5) is 24.8. The average Bonchev–Trinajstić information content (AvgIpc) is 2.44. The molecule has 1 aromatic carbocycles. The van der Waals surface area contributed by atoms with E-state index in [4.69, 9.17) is 11.6 Å². The molecule has 3 nitrogen and oxygen atoms in total. The lowest BCUT2D eigenvalue weighted by Crippen LogP contribution is -2.30. The maximum absolute atomic E-state index is 11.7. The lowest BCUT2D eigenvalue weighted by Gasteiger charge is -2.15. The Bertz CT molecular complexity index is 513. The van der Waals surface area contributed by atoms with E-state index in [1.54, 1.807) is 18.2 Å². The third-order valence-electron chi connectivity index (χ3n) is 2.28. The molecule has 0 aromatic heterocycles. The van der Waals surface area contributed by atoms with Crippen LogP contribution >= 0.6 is 27.5 Å². The number of hydrogen-bond acceptors (Lipinski definition) is 2. The van der Waals surface area contributed by atoms with E-state index in [-0.39, 0.29) is 6.54 Å². The highest BCUT2D eigenvalue weighted by Crippen LogP contribution is 2.34. The Kier molecular flexibility index (Phi) is 2.86. The second-order valence-electron chi connectivity index (χ2n) is 3.37. The lowest BCUT2D eigenvalue weighted by atomic mass is 10.1. The van der Waals surface area contributed by atoms with Gasteiger partial charge in [0.15, 0.2) is 0 Å². The molecule has 1 aliphatic rings. The molecule has 2 rings (SSSR count). The second kappa shape index (κ2) is 4.03. The maximum atomic E-state index is 11.7. The largest absolute Gasteiger partial charge is 0.299 e. The van der Waals surface area contributed by atoms with Crippen LogP contribution in [-0.4, -0.2) is 18.2 Å². The first-order valence-electron chi connectivity index (χ1n) is 4.50. The summed E-state index contributed by atoms with van der Waals surface area (Å²) in [6.45, 7) is 3.67. The molecule has 82 valence electrons. The summed E-state index contributed by atoms with van der Waals surface area (Å²) in [6.07, 6.45) is 0. The third kappa shape index (κ3) is 1.68. The van der Waals surface area contributed by atoms with Crippen molar-refractivity contribution in [3.8, 4) is 0 Å². The zero-order valence-corrected chi connectivity index (χ0v) is 10.5. The van der Waals surface area contributed by atoms with Gasteiger partial charge in [-0.05, 0) is 28.1 Å². The molecule has 0 saturated carbocycles. The molecule has 0 spiro atoms. The van der Waals surface area contributed by atoms with Crippen LogP contribution in [0.5, 0.6) is 0 Å². The van der Waals surface area contributed by atoms with Crippen molar-refractivity contribution < 1.29 is 9.59 Å². The Balaban J connectivity index is 2.54. The van der Waals surface area contributed by atoms with E-state index in [9.17, 15) is 9.59 Å². The van der Waals surface area contributed by atoms with Crippen LogP contribution in [0.25, 0.3) is 0 Å². The van der Waals surface area contributed by atoms with Crippen molar-refractivity contribution in [1.82, 2.24) is 0 Å². The van der Waals surface area contributed by atoms with Gasteiger partial charge in [0.25, 0.3) is 11.7 Å². The fraction of sp³-hybridized carbons (Fsp3) is 0.0909. The number of ketones is 1. The Hall–Kier alpha value is -1.13. The van der Waals surface area contributed by atoms with Crippen molar-refractivity contribution in [2.45, 2.75) is 0 Å². The number of nitrogens with zero attached hydrogens (tertiary/aromatic N) is 1. The highest BCUT2D eigenvalue weighted by atomic mass is 79.9. The van der Waals surface area contributed by atoms with Crippen molar-refractivity contribution >= 4 is 44.9 Å². The standard InChI is InChI=1S/C11H7BrClNO2/c1-6(13)5-14-8-4-2-3-7(12)9(8)10(15)11(14)16/h2-4H,1,5H2. The van der Waals surface area contributed by atoms with Gasteiger partial charge < -0.3 is 0 Å². The lowest BCUT2D eigenvalue weighted by molar-refractivity contribution is -0.114. The van der Waals surface area contributed by atoms with E-state index in [0.717, 1.165) is 0 Å². The Morgan fingerprint density at radius 2 is 2.12 bits per heavy atom. The molecule has 0 aliphatic carbocycles. The number of amides is 1. The van der Waals surface area contributed by atoms with E-state index in [0.29, 0.717) is 20.8 Å². The van der Waals surface area contributed by atoms with Crippen LogP contribution in [0.3, 0.4) is 0 Å². The summed E-state index contributed by atoms with van der Waals surface area (Å²) < 4.78 is 0.617. The fourth-order valence-corrected chi connectivity index (χ4v) is 2.29. The molecule has 0 saturated heterocycles. The van der Waals surface area contributed by atoms with Crippen LogP contribution in [0.2, 0.25) is 0 Å². The Morgan fingerprint density at radius 3 is 2.75 bits per heavy atom. The Labute approximate surface area is 106 Å². The molecule has 5 heteroatoms. The first-order valence-corrected chi connectivity index (χ1v) is 5.67. The molecule has 0 N–H and O–H groups in total. The number of carbonyl (C=O) groups is 2. The second-order valence-corrected chi connectivity index (χ2v) is 4.76. The van der Waals surface area contributed by atoms with Gasteiger partial charge in [0.05, 0.1) is 17.8 Å². The van der Waals surface area contributed by atoms with Crippen LogP contribution in [0.4, 0.5) is 5.69 Å². The first-order chi connectivity index (χ1) is 7.52. The van der Waals surface area contributed by atoms with Gasteiger partial charge in [-0.2, -0.15) is 0 Å². The molecular weight excluding hydrogens is 293 g/mol. The van der Waals surface area contributed by atoms with Crippen LogP contribution in [0.15, 0.2) is 34.3 Å². The fourth-order valence-electron chi connectivity index (χ4n) is 1.63. The van der Waals surface area contributed by atoms with Crippen molar-refractivity contribution in [2.75, 3.05) is 11.4 Å². The van der Waals surface area contributed by atoms with E-state index >= 15 is 0 Å². The highest BCUT2D eigenvalue weighted by molar-refractivity contribution is 9.10. The van der Waals surface area contributed by atoms with Crippen molar-refractivity contribution in [3.63, 3.8) is 0 Å². The summed E-state index contributed by atoms with van der Waals surface area (Å²) >= 11 is 8.92. The number of anilines is 1. The minimum Gasteiger partial charge on any atom is -0.299 e. The summed E-state index contributed by atoms with van der Waals surface area (Å²) in [6, 6.07) is 5.20. The molecule has 0 atom stereocenters. The summed E-state index contributed by atoms with van der Waals surface area (Å²) in [5.74, 6) is -1.08. The van der Waals surface area contributed by atoms with Crippen LogP contribution < -0.4 is 4.90 Å². The summed E-state index contributed by atoms with van der Waals surface area (Å²) in [7, 11) is 0. The number of rotatable bonds is 2. The van der Waals surface area contributed by atoms with Gasteiger partial charge in [-0.3, -0.25) is 14.5 Å². The highest BCUT2D eigenvalue weighted by Gasteiger charge is 2.37. The van der Waals surface area contributed by atoms with E-state index in [2.05, 4.69) is 22.5 Å². The molecule has 1 aromatic rings. The molecule has 16 heavy (non-hydrogen) atoms. The molecule has 0 fully saturated rings. The van der Waals surface area contributed by atoms with Gasteiger partial charge >= 0.3 is 0 Å². The van der Waals surface area contributed by atoms with Crippen molar-refractivity contribution in [1.29, 1.82) is 0 Å². The van der Waals surface area contributed by atoms with Gasteiger partial charge in [-0.1, -0.05) is 24.2 Å². The van der Waals surface area contributed by atoms with Gasteiger partial charge in [0.2, 0.25) is 0 Å². The predicted molar refractivity (Wildman–Crippen MR) is 65.8 cm³/mol. The monoisotopic (exact) mass is 299 g/mol. The molecule has 0 bridgehead atoms. The van der Waals surface area contributed by atoms with E-state index in [1.807, 2.05) is 0 Å². The average molecular weight is 301 g/mol. The normalized spacial score (nSPS) is 14.2. The zero-order chi connectivity index (χ0) is 11.9. The quantitative estimate of drug-likeness (QED) is 0.788. The Morgan fingerprint density at radius 1 is 1.44 bits per heavy atom. The van der Waals surface area contributed by atoms with Crippen LogP contribution in [0.1, 0.15) is 10.4 Å². The third-order valence-corrected chi connectivity index (χ3v) is 3.06. The number of Topliss-reactive ketones (excluding diaryl/α,β-unsaturated/α-hetero) is 1. The maximum Gasteiger partial charge on any atom is 0.299 e. The zero-order valence-electron chi connectivity index (χ0n) is 8.17. The van der Waals surface area contributed by atoms with Gasteiger partial charge in [-0.15, -0.1) is 0 Å². The van der Waals surface area contributed by atoms with Crippen LogP contribution in [-0.2, 0) is 4.79 Å². The predicted octanol–water partition coefficient (Wildman–Crippen LogP) is 2.73. The minimum atomic E-state index is -0.566. The molecular formula is C11H7BrClNO2. The molecule has 1 heterocycles. The van der Waals surface area contributed by atoms with Gasteiger partial charge in [-0.25, -0.2) is 0 Å². The topological polar surface area (TPSA) is 37.4 Å². The first kappa shape index (κ1) is 11.4. The van der Waals surface area contributed by atoms with Gasteiger partial charge in [0, 0.05) is 9.51 Å².